The molecule has 0 atom stereocenters. The van der Waals surface area contributed by atoms with Crippen molar-refractivity contribution in [3.05, 3.63) is 99.8 Å². The number of benzene rings is 2. The lowest BCUT2D eigenvalue weighted by atomic mass is 10.1. The van der Waals surface area contributed by atoms with Crippen LogP contribution in [-0.4, -0.2) is 52.5 Å². The number of nitrogens with zero attached hydrogens (tertiary/aromatic N) is 4. The van der Waals surface area contributed by atoms with Gasteiger partial charge in [0.2, 0.25) is 0 Å². The van der Waals surface area contributed by atoms with Crippen molar-refractivity contribution in [2.45, 2.75) is 6.54 Å². The number of anilines is 1. The van der Waals surface area contributed by atoms with Crippen molar-refractivity contribution in [3.63, 3.8) is 0 Å². The summed E-state index contributed by atoms with van der Waals surface area (Å²) in [6.07, 6.45) is 3.41. The monoisotopic (exact) mass is 507 g/mol. The minimum atomic E-state index is -0.143. The zero-order chi connectivity index (χ0) is 24.4. The van der Waals surface area contributed by atoms with E-state index in [2.05, 4.69) is 15.3 Å². The van der Waals surface area contributed by atoms with Gasteiger partial charge in [-0.1, -0.05) is 41.4 Å². The molecule has 4 aromatic rings. The van der Waals surface area contributed by atoms with Gasteiger partial charge in [0.05, 0.1) is 27.3 Å². The van der Waals surface area contributed by atoms with Gasteiger partial charge in [-0.15, -0.1) is 0 Å². The molecule has 2 amide bonds. The van der Waals surface area contributed by atoms with Crippen LogP contribution in [0.4, 0.5) is 5.69 Å². The second kappa shape index (κ2) is 9.98. The third-order valence-electron chi connectivity index (χ3n) is 6.14. The number of hydrogen-bond acceptors (Lipinski definition) is 4. The summed E-state index contributed by atoms with van der Waals surface area (Å²) in [5.41, 5.74) is 3.75. The summed E-state index contributed by atoms with van der Waals surface area (Å²) in [7, 11) is 0. The summed E-state index contributed by atoms with van der Waals surface area (Å²) >= 11 is 12.2. The average Bonchev–Trinajstić information content (AvgIpc) is 3.32. The molecule has 2 aromatic carbocycles. The van der Waals surface area contributed by atoms with E-state index in [9.17, 15) is 9.59 Å². The van der Waals surface area contributed by atoms with Crippen LogP contribution in [0.2, 0.25) is 10.0 Å². The molecule has 0 unspecified atom stereocenters. The smallest absolute Gasteiger partial charge is 0.257 e. The SMILES string of the molecule is O=C(NCc1ccn2ncc(C(=O)N3CCN(c4ccc(Cl)c(Cl)c4)CC3)c2c1)c1ccccc1. The quantitative estimate of drug-likeness (QED) is 0.430. The van der Waals surface area contributed by atoms with Crippen molar-refractivity contribution in [2.24, 2.45) is 0 Å². The average molecular weight is 508 g/mol. The van der Waals surface area contributed by atoms with Crippen molar-refractivity contribution in [3.8, 4) is 0 Å². The Morgan fingerprint density at radius 3 is 2.43 bits per heavy atom. The first kappa shape index (κ1) is 23.2. The highest BCUT2D eigenvalue weighted by molar-refractivity contribution is 6.42. The van der Waals surface area contributed by atoms with Crippen LogP contribution in [0.3, 0.4) is 0 Å². The lowest BCUT2D eigenvalue weighted by molar-refractivity contribution is 0.0748. The van der Waals surface area contributed by atoms with E-state index < -0.39 is 0 Å². The number of piperazine rings is 1. The van der Waals surface area contributed by atoms with Gasteiger partial charge in [0.1, 0.15) is 0 Å². The fourth-order valence-corrected chi connectivity index (χ4v) is 4.49. The first-order valence-electron chi connectivity index (χ1n) is 11.3. The molecule has 35 heavy (non-hydrogen) atoms. The Bertz CT molecular complexity index is 1380. The van der Waals surface area contributed by atoms with Crippen LogP contribution in [0.1, 0.15) is 26.3 Å². The fraction of sp³-hybridized carbons (Fsp3) is 0.192. The first-order chi connectivity index (χ1) is 17.0. The number of aromatic nitrogens is 2. The molecule has 1 aliphatic rings. The highest BCUT2D eigenvalue weighted by Crippen LogP contribution is 2.28. The minimum Gasteiger partial charge on any atom is -0.368 e. The zero-order valence-electron chi connectivity index (χ0n) is 18.8. The maximum atomic E-state index is 13.3. The molecule has 0 spiro atoms. The van der Waals surface area contributed by atoms with E-state index in [0.717, 1.165) is 11.3 Å². The number of pyridine rings is 1. The maximum absolute atomic E-state index is 13.3. The molecule has 1 fully saturated rings. The predicted octanol–water partition coefficient (Wildman–Crippen LogP) is 4.53. The Hall–Kier alpha value is -3.55. The van der Waals surface area contributed by atoms with E-state index in [1.54, 1.807) is 35.1 Å². The Labute approximate surface area is 212 Å². The van der Waals surface area contributed by atoms with Crippen LogP contribution in [0.25, 0.3) is 5.52 Å². The summed E-state index contributed by atoms with van der Waals surface area (Å²) in [5, 5.41) is 8.31. The highest BCUT2D eigenvalue weighted by atomic mass is 35.5. The number of rotatable bonds is 5. The number of amides is 2. The standard InChI is InChI=1S/C26H23Cl2N5O2/c27-22-7-6-20(15-23(22)28)31-10-12-32(13-11-31)26(35)21-17-30-33-9-8-18(14-24(21)33)16-29-25(34)19-4-2-1-3-5-19/h1-9,14-15,17H,10-13,16H2,(H,29,34). The maximum Gasteiger partial charge on any atom is 0.257 e. The Kier molecular flexibility index (Phi) is 6.61. The number of nitrogens with one attached hydrogen (secondary N) is 1. The summed E-state index contributed by atoms with van der Waals surface area (Å²) in [6, 6.07) is 18.4. The molecule has 178 valence electrons. The van der Waals surface area contributed by atoms with Gasteiger partial charge in [0.15, 0.2) is 0 Å². The number of halogens is 2. The molecule has 1 N–H and O–H groups in total. The molecule has 2 aromatic heterocycles. The third-order valence-corrected chi connectivity index (χ3v) is 6.88. The van der Waals surface area contributed by atoms with Crippen molar-refractivity contribution < 1.29 is 9.59 Å². The van der Waals surface area contributed by atoms with Crippen molar-refractivity contribution in [1.82, 2.24) is 19.8 Å². The van der Waals surface area contributed by atoms with E-state index in [1.807, 2.05) is 47.4 Å². The lowest BCUT2D eigenvalue weighted by Gasteiger charge is -2.36. The largest absolute Gasteiger partial charge is 0.368 e. The molecule has 5 rings (SSSR count). The Morgan fingerprint density at radius 1 is 0.914 bits per heavy atom. The van der Waals surface area contributed by atoms with E-state index >= 15 is 0 Å². The number of carbonyl (C=O) groups is 2. The molecule has 0 saturated carbocycles. The van der Waals surface area contributed by atoms with Gasteiger partial charge >= 0.3 is 0 Å². The first-order valence-corrected chi connectivity index (χ1v) is 12.0. The normalized spacial score (nSPS) is 13.8. The molecule has 9 heteroatoms. The minimum absolute atomic E-state index is 0.0562. The van der Waals surface area contributed by atoms with Gasteiger partial charge in [-0.3, -0.25) is 9.59 Å². The van der Waals surface area contributed by atoms with E-state index in [1.165, 1.54) is 0 Å². The molecule has 1 aliphatic heterocycles. The lowest BCUT2D eigenvalue weighted by Crippen LogP contribution is -2.48. The summed E-state index contributed by atoms with van der Waals surface area (Å²) in [4.78, 5) is 29.7. The van der Waals surface area contributed by atoms with Crippen molar-refractivity contribution in [2.75, 3.05) is 31.1 Å². The van der Waals surface area contributed by atoms with Crippen molar-refractivity contribution in [1.29, 1.82) is 0 Å². The van der Waals surface area contributed by atoms with Gasteiger partial charge in [0, 0.05) is 50.2 Å². The van der Waals surface area contributed by atoms with Crippen LogP contribution in [-0.2, 0) is 6.54 Å². The van der Waals surface area contributed by atoms with Crippen LogP contribution < -0.4 is 10.2 Å². The highest BCUT2D eigenvalue weighted by Gasteiger charge is 2.25. The van der Waals surface area contributed by atoms with E-state index in [0.29, 0.717) is 59.4 Å². The molecule has 0 bridgehead atoms. The van der Waals surface area contributed by atoms with Gasteiger partial charge < -0.3 is 15.1 Å². The van der Waals surface area contributed by atoms with Crippen LogP contribution in [0.15, 0.2) is 73.1 Å². The van der Waals surface area contributed by atoms with Gasteiger partial charge in [-0.05, 0) is 48.0 Å². The van der Waals surface area contributed by atoms with E-state index in [-0.39, 0.29) is 11.8 Å². The van der Waals surface area contributed by atoms with Gasteiger partial charge in [-0.25, -0.2) is 4.52 Å². The molecule has 3 heterocycles. The number of carbonyl (C=O) groups excluding carboxylic acids is 2. The predicted molar refractivity (Wildman–Crippen MR) is 137 cm³/mol. The van der Waals surface area contributed by atoms with E-state index in [4.69, 9.17) is 23.2 Å². The van der Waals surface area contributed by atoms with Crippen LogP contribution >= 0.6 is 23.2 Å². The Morgan fingerprint density at radius 2 is 1.69 bits per heavy atom. The summed E-state index contributed by atoms with van der Waals surface area (Å²) in [6.45, 7) is 2.91. The number of fused-ring (bicyclic) bond motifs is 1. The topological polar surface area (TPSA) is 70.0 Å². The van der Waals surface area contributed by atoms with Gasteiger partial charge in [0.25, 0.3) is 11.8 Å². The number of hydrogen-bond donors (Lipinski definition) is 1. The van der Waals surface area contributed by atoms with Crippen LogP contribution in [0, 0.1) is 0 Å². The second-order valence-corrected chi connectivity index (χ2v) is 9.16. The van der Waals surface area contributed by atoms with Crippen molar-refractivity contribution >= 4 is 46.2 Å². The summed E-state index contributed by atoms with van der Waals surface area (Å²) < 4.78 is 1.68. The van der Waals surface area contributed by atoms with Crippen LogP contribution in [0.5, 0.6) is 0 Å². The molecule has 0 radical (unpaired) electrons. The molecular weight excluding hydrogens is 485 g/mol. The second-order valence-electron chi connectivity index (χ2n) is 8.35. The molecular formula is C26H23Cl2N5O2. The molecule has 1 saturated heterocycles. The summed E-state index contributed by atoms with van der Waals surface area (Å²) in [5.74, 6) is -0.200. The Balaban J connectivity index is 1.26. The van der Waals surface area contributed by atoms with Gasteiger partial charge in [-0.2, -0.15) is 5.10 Å². The molecule has 0 aliphatic carbocycles. The third kappa shape index (κ3) is 4.97. The molecule has 7 nitrogen and oxygen atoms in total. The zero-order valence-corrected chi connectivity index (χ0v) is 20.3. The fourth-order valence-electron chi connectivity index (χ4n) is 4.19.